The Labute approximate surface area is 149 Å². The van der Waals surface area contributed by atoms with Gasteiger partial charge < -0.3 is 10.1 Å². The van der Waals surface area contributed by atoms with Crippen LogP contribution in [0.2, 0.25) is 0 Å². The number of hydrogen-bond acceptors (Lipinski definition) is 4. The van der Waals surface area contributed by atoms with E-state index in [9.17, 15) is 8.42 Å². The molecule has 2 aromatic rings. The van der Waals surface area contributed by atoms with Crippen molar-refractivity contribution in [3.8, 4) is 5.75 Å². The molecule has 24 heavy (non-hydrogen) atoms. The van der Waals surface area contributed by atoms with Gasteiger partial charge in [-0.05, 0) is 43.7 Å². The molecule has 132 valence electrons. The van der Waals surface area contributed by atoms with Gasteiger partial charge in [-0.3, -0.25) is 0 Å². The van der Waals surface area contributed by atoms with Crippen molar-refractivity contribution in [3.05, 3.63) is 59.7 Å². The fourth-order valence-corrected chi connectivity index (χ4v) is 2.76. The van der Waals surface area contributed by atoms with Gasteiger partial charge in [0.15, 0.2) is 0 Å². The third kappa shape index (κ3) is 6.13. The number of nitrogens with one attached hydrogen (secondary N) is 1. The molecule has 0 unspecified atom stereocenters. The zero-order chi connectivity index (χ0) is 16.7. The molecule has 5 nitrogen and oxygen atoms in total. The zero-order valence-corrected chi connectivity index (χ0v) is 15.2. The Morgan fingerprint density at radius 3 is 2.38 bits per heavy atom. The van der Waals surface area contributed by atoms with E-state index >= 15 is 0 Å². The van der Waals surface area contributed by atoms with E-state index in [1.165, 1.54) is 12.1 Å². The van der Waals surface area contributed by atoms with Crippen molar-refractivity contribution < 1.29 is 13.2 Å². The lowest BCUT2D eigenvalue weighted by Gasteiger charge is -2.11. The molecule has 0 heterocycles. The SMILES string of the molecule is CCOc1ccccc1CNCCc1ccc(S(N)(=O)=O)cc1.Cl. The molecule has 0 fully saturated rings. The first kappa shape index (κ1) is 20.4. The summed E-state index contributed by atoms with van der Waals surface area (Å²) < 4.78 is 28.0. The van der Waals surface area contributed by atoms with Gasteiger partial charge in [-0.15, -0.1) is 12.4 Å². The average molecular weight is 371 g/mol. The van der Waals surface area contributed by atoms with Crippen LogP contribution in [0.25, 0.3) is 0 Å². The average Bonchev–Trinajstić information content (AvgIpc) is 2.53. The predicted molar refractivity (Wildman–Crippen MR) is 98.1 cm³/mol. The molecule has 0 bridgehead atoms. The number of nitrogens with two attached hydrogens (primary N) is 1. The molecule has 3 N–H and O–H groups in total. The highest BCUT2D eigenvalue weighted by Crippen LogP contribution is 2.17. The second-order valence-corrected chi connectivity index (χ2v) is 6.72. The topological polar surface area (TPSA) is 81.4 Å². The quantitative estimate of drug-likeness (QED) is 0.699. The predicted octanol–water partition coefficient (Wildman–Crippen LogP) is 2.49. The van der Waals surface area contributed by atoms with E-state index in [4.69, 9.17) is 9.88 Å². The standard InChI is InChI=1S/C17H22N2O3S.ClH/c1-2-22-17-6-4-3-5-15(17)13-19-12-11-14-7-9-16(10-8-14)23(18,20)21;/h3-10,19H,2,11-13H2,1H3,(H2,18,20,21);1H. The van der Waals surface area contributed by atoms with Gasteiger partial charge in [0.25, 0.3) is 0 Å². The van der Waals surface area contributed by atoms with Crippen LogP contribution in [0, 0.1) is 0 Å². The van der Waals surface area contributed by atoms with Gasteiger partial charge in [0.2, 0.25) is 10.0 Å². The minimum absolute atomic E-state index is 0. The minimum Gasteiger partial charge on any atom is -0.494 e. The highest BCUT2D eigenvalue weighted by molar-refractivity contribution is 7.89. The summed E-state index contributed by atoms with van der Waals surface area (Å²) >= 11 is 0. The summed E-state index contributed by atoms with van der Waals surface area (Å²) in [6, 6.07) is 14.6. The van der Waals surface area contributed by atoms with Crippen LogP contribution in [-0.2, 0) is 23.0 Å². The molecule has 0 aliphatic heterocycles. The number of benzene rings is 2. The van der Waals surface area contributed by atoms with Gasteiger partial charge in [-0.25, -0.2) is 13.6 Å². The third-order valence-corrected chi connectivity index (χ3v) is 4.36. The Kier molecular flexibility index (Phi) is 8.21. The van der Waals surface area contributed by atoms with E-state index in [0.29, 0.717) is 6.61 Å². The molecule has 0 atom stereocenters. The minimum atomic E-state index is -3.62. The van der Waals surface area contributed by atoms with Gasteiger partial charge in [-0.2, -0.15) is 0 Å². The Morgan fingerprint density at radius 1 is 1.08 bits per heavy atom. The molecule has 0 amide bonds. The number of sulfonamides is 1. The summed E-state index contributed by atoms with van der Waals surface area (Å²) in [6.07, 6.45) is 0.807. The maximum absolute atomic E-state index is 11.2. The van der Waals surface area contributed by atoms with E-state index in [0.717, 1.165) is 36.4 Å². The first-order valence-corrected chi connectivity index (χ1v) is 9.08. The highest BCUT2D eigenvalue weighted by Gasteiger charge is 2.06. The largest absolute Gasteiger partial charge is 0.494 e. The highest BCUT2D eigenvalue weighted by atomic mass is 35.5. The van der Waals surface area contributed by atoms with Crippen molar-refractivity contribution in [2.45, 2.75) is 24.8 Å². The third-order valence-electron chi connectivity index (χ3n) is 3.43. The van der Waals surface area contributed by atoms with Crippen LogP contribution in [0.15, 0.2) is 53.4 Å². The number of halogens is 1. The first-order valence-electron chi connectivity index (χ1n) is 7.54. The number of hydrogen-bond donors (Lipinski definition) is 2. The van der Waals surface area contributed by atoms with Crippen LogP contribution in [0.4, 0.5) is 0 Å². The van der Waals surface area contributed by atoms with E-state index in [-0.39, 0.29) is 17.3 Å². The van der Waals surface area contributed by atoms with Crippen LogP contribution >= 0.6 is 12.4 Å². The fourth-order valence-electron chi connectivity index (χ4n) is 2.25. The zero-order valence-electron chi connectivity index (χ0n) is 13.6. The molecule has 0 aromatic heterocycles. The van der Waals surface area contributed by atoms with Crippen LogP contribution in [-0.4, -0.2) is 21.6 Å². The fraction of sp³-hybridized carbons (Fsp3) is 0.294. The molecule has 0 saturated heterocycles. The summed E-state index contributed by atoms with van der Waals surface area (Å²) in [6.45, 7) is 4.13. The number of ether oxygens (including phenoxy) is 1. The van der Waals surface area contributed by atoms with Gasteiger partial charge in [-0.1, -0.05) is 30.3 Å². The van der Waals surface area contributed by atoms with Gasteiger partial charge in [0, 0.05) is 12.1 Å². The molecule has 0 aliphatic carbocycles. The van der Waals surface area contributed by atoms with E-state index in [2.05, 4.69) is 5.32 Å². The van der Waals surface area contributed by atoms with Gasteiger partial charge in [0.05, 0.1) is 11.5 Å². The van der Waals surface area contributed by atoms with E-state index < -0.39 is 10.0 Å². The van der Waals surface area contributed by atoms with Crippen molar-refractivity contribution in [2.24, 2.45) is 5.14 Å². The van der Waals surface area contributed by atoms with Crippen molar-refractivity contribution >= 4 is 22.4 Å². The molecule has 2 aromatic carbocycles. The van der Waals surface area contributed by atoms with Crippen LogP contribution < -0.4 is 15.2 Å². The smallest absolute Gasteiger partial charge is 0.238 e. The first-order chi connectivity index (χ1) is 11.0. The van der Waals surface area contributed by atoms with E-state index in [1.807, 2.05) is 31.2 Å². The lowest BCUT2D eigenvalue weighted by atomic mass is 10.1. The molecule has 0 aliphatic rings. The summed E-state index contributed by atoms with van der Waals surface area (Å²) in [5.41, 5.74) is 2.18. The molecular formula is C17H23ClN2O3S. The molecule has 0 spiro atoms. The van der Waals surface area contributed by atoms with Crippen molar-refractivity contribution in [3.63, 3.8) is 0 Å². The lowest BCUT2D eigenvalue weighted by Crippen LogP contribution is -2.17. The second-order valence-electron chi connectivity index (χ2n) is 5.16. The Balaban J connectivity index is 0.00000288. The normalized spacial score (nSPS) is 10.9. The van der Waals surface area contributed by atoms with Crippen molar-refractivity contribution in [2.75, 3.05) is 13.2 Å². The number of rotatable bonds is 8. The van der Waals surface area contributed by atoms with Crippen LogP contribution in [0.5, 0.6) is 5.75 Å². The maximum Gasteiger partial charge on any atom is 0.238 e. The maximum atomic E-state index is 11.2. The molecule has 0 radical (unpaired) electrons. The van der Waals surface area contributed by atoms with Crippen molar-refractivity contribution in [1.82, 2.24) is 5.32 Å². The summed E-state index contributed by atoms with van der Waals surface area (Å²) in [5, 5.41) is 8.45. The van der Waals surface area contributed by atoms with Crippen LogP contribution in [0.3, 0.4) is 0 Å². The lowest BCUT2D eigenvalue weighted by molar-refractivity contribution is 0.335. The van der Waals surface area contributed by atoms with Gasteiger partial charge >= 0.3 is 0 Å². The van der Waals surface area contributed by atoms with Crippen LogP contribution in [0.1, 0.15) is 18.1 Å². The Bertz CT molecular complexity index is 734. The number of primary sulfonamides is 1. The van der Waals surface area contributed by atoms with E-state index in [1.54, 1.807) is 12.1 Å². The van der Waals surface area contributed by atoms with Gasteiger partial charge in [0.1, 0.15) is 5.75 Å². The Hall–Kier alpha value is -1.60. The summed E-state index contributed by atoms with van der Waals surface area (Å²) in [4.78, 5) is 0.139. The molecule has 0 saturated carbocycles. The second kappa shape index (κ2) is 9.64. The summed E-state index contributed by atoms with van der Waals surface area (Å²) in [5.74, 6) is 0.903. The molecular weight excluding hydrogens is 348 g/mol. The summed E-state index contributed by atoms with van der Waals surface area (Å²) in [7, 11) is -3.62. The molecule has 7 heteroatoms. The number of para-hydroxylation sites is 1. The molecule has 2 rings (SSSR count). The monoisotopic (exact) mass is 370 g/mol. The Morgan fingerprint density at radius 2 is 1.75 bits per heavy atom. The van der Waals surface area contributed by atoms with Crippen molar-refractivity contribution in [1.29, 1.82) is 0 Å².